The molecule has 1 nitrogen and oxygen atoms in total. The van der Waals surface area contributed by atoms with Crippen molar-refractivity contribution < 1.29 is 0 Å². The number of rotatable bonds is 4. The normalized spacial score (nSPS) is 12.5. The average molecular weight is 210 g/mol. The van der Waals surface area contributed by atoms with Gasteiger partial charge in [0.25, 0.3) is 0 Å². The Morgan fingerprint density at radius 3 is 2.79 bits per heavy atom. The molecule has 0 spiro atoms. The van der Waals surface area contributed by atoms with Gasteiger partial charge in [-0.3, -0.25) is 0 Å². The molecular formula is C12H16ClN. The molecule has 0 saturated carbocycles. The van der Waals surface area contributed by atoms with E-state index in [-0.39, 0.29) is 6.04 Å². The van der Waals surface area contributed by atoms with Crippen molar-refractivity contribution in [3.05, 3.63) is 47.0 Å². The molecule has 76 valence electrons. The van der Waals surface area contributed by atoms with E-state index in [0.717, 1.165) is 11.6 Å². The second-order valence-corrected chi connectivity index (χ2v) is 3.71. The molecule has 0 aromatic heterocycles. The maximum atomic E-state index is 5.90. The SMILES string of the molecule is C=CC(NCC)c1ccc(Cl)cc1C. The van der Waals surface area contributed by atoms with Crippen LogP contribution in [0.2, 0.25) is 5.02 Å². The minimum atomic E-state index is 0.220. The topological polar surface area (TPSA) is 12.0 Å². The van der Waals surface area contributed by atoms with E-state index in [4.69, 9.17) is 11.6 Å². The summed E-state index contributed by atoms with van der Waals surface area (Å²) in [5, 5.41) is 4.13. The first kappa shape index (κ1) is 11.3. The third-order valence-corrected chi connectivity index (χ3v) is 2.46. The number of benzene rings is 1. The molecule has 0 aliphatic carbocycles. The molecule has 14 heavy (non-hydrogen) atoms. The maximum Gasteiger partial charge on any atom is 0.0506 e. The second kappa shape index (κ2) is 5.18. The molecule has 0 aliphatic heterocycles. The van der Waals surface area contributed by atoms with Gasteiger partial charge in [-0.25, -0.2) is 0 Å². The van der Waals surface area contributed by atoms with Gasteiger partial charge in [0.1, 0.15) is 0 Å². The third-order valence-electron chi connectivity index (χ3n) is 2.23. The van der Waals surface area contributed by atoms with Gasteiger partial charge in [0.15, 0.2) is 0 Å². The van der Waals surface area contributed by atoms with Crippen LogP contribution in [0.15, 0.2) is 30.9 Å². The Morgan fingerprint density at radius 2 is 2.29 bits per heavy atom. The molecular weight excluding hydrogens is 194 g/mol. The molecule has 2 heteroatoms. The van der Waals surface area contributed by atoms with Gasteiger partial charge in [-0.05, 0) is 36.7 Å². The average Bonchev–Trinajstić information content (AvgIpc) is 2.15. The largest absolute Gasteiger partial charge is 0.307 e. The number of halogens is 1. The smallest absolute Gasteiger partial charge is 0.0506 e. The molecule has 1 atom stereocenters. The summed E-state index contributed by atoms with van der Waals surface area (Å²) in [7, 11) is 0. The maximum absolute atomic E-state index is 5.90. The zero-order valence-electron chi connectivity index (χ0n) is 8.68. The van der Waals surface area contributed by atoms with Crippen molar-refractivity contribution in [1.82, 2.24) is 5.32 Å². The van der Waals surface area contributed by atoms with Gasteiger partial charge >= 0.3 is 0 Å². The molecule has 1 aromatic carbocycles. The number of hydrogen-bond acceptors (Lipinski definition) is 1. The number of likely N-dealkylation sites (N-methyl/N-ethyl adjacent to an activating group) is 1. The number of nitrogens with one attached hydrogen (secondary N) is 1. The zero-order valence-corrected chi connectivity index (χ0v) is 9.43. The van der Waals surface area contributed by atoms with Crippen LogP contribution in [0.3, 0.4) is 0 Å². The van der Waals surface area contributed by atoms with Gasteiger partial charge in [0, 0.05) is 5.02 Å². The molecule has 0 amide bonds. The van der Waals surface area contributed by atoms with E-state index in [1.807, 2.05) is 24.3 Å². The minimum Gasteiger partial charge on any atom is -0.307 e. The summed E-state index contributed by atoms with van der Waals surface area (Å²) in [6, 6.07) is 6.16. The Morgan fingerprint density at radius 1 is 1.57 bits per heavy atom. The van der Waals surface area contributed by atoms with Gasteiger partial charge in [-0.1, -0.05) is 30.7 Å². The molecule has 0 fully saturated rings. The highest BCUT2D eigenvalue weighted by Crippen LogP contribution is 2.21. The lowest BCUT2D eigenvalue weighted by atomic mass is 10.0. The predicted molar refractivity (Wildman–Crippen MR) is 62.8 cm³/mol. The van der Waals surface area contributed by atoms with Crippen molar-refractivity contribution in [2.75, 3.05) is 6.54 Å². The summed E-state index contributed by atoms with van der Waals surface area (Å²) in [6.45, 7) is 8.90. The molecule has 1 rings (SSSR count). The quantitative estimate of drug-likeness (QED) is 0.749. The van der Waals surface area contributed by atoms with Gasteiger partial charge in [-0.15, -0.1) is 6.58 Å². The van der Waals surface area contributed by atoms with E-state index >= 15 is 0 Å². The van der Waals surface area contributed by atoms with Crippen LogP contribution in [-0.2, 0) is 0 Å². The number of hydrogen-bond donors (Lipinski definition) is 1. The van der Waals surface area contributed by atoms with Gasteiger partial charge < -0.3 is 5.32 Å². The van der Waals surface area contributed by atoms with Crippen molar-refractivity contribution >= 4 is 11.6 Å². The van der Waals surface area contributed by atoms with E-state index in [0.29, 0.717) is 0 Å². The van der Waals surface area contributed by atoms with Crippen LogP contribution in [0.4, 0.5) is 0 Å². The Bertz CT molecular complexity index is 320. The highest BCUT2D eigenvalue weighted by molar-refractivity contribution is 6.30. The van der Waals surface area contributed by atoms with Crippen LogP contribution < -0.4 is 5.32 Å². The fourth-order valence-electron chi connectivity index (χ4n) is 1.53. The highest BCUT2D eigenvalue weighted by atomic mass is 35.5. The van der Waals surface area contributed by atoms with Crippen molar-refractivity contribution in [3.63, 3.8) is 0 Å². The summed E-state index contributed by atoms with van der Waals surface area (Å²) < 4.78 is 0. The molecule has 0 radical (unpaired) electrons. The van der Waals surface area contributed by atoms with Gasteiger partial charge in [0.05, 0.1) is 6.04 Å². The Balaban J connectivity index is 2.98. The molecule has 0 aliphatic rings. The first-order chi connectivity index (χ1) is 6.69. The zero-order chi connectivity index (χ0) is 10.6. The van der Waals surface area contributed by atoms with E-state index in [1.165, 1.54) is 11.1 Å². The summed E-state index contributed by atoms with van der Waals surface area (Å²) in [5.41, 5.74) is 2.44. The van der Waals surface area contributed by atoms with Crippen LogP contribution >= 0.6 is 11.6 Å². The fraction of sp³-hybridized carbons (Fsp3) is 0.333. The lowest BCUT2D eigenvalue weighted by Gasteiger charge is -2.16. The highest BCUT2D eigenvalue weighted by Gasteiger charge is 2.08. The Hall–Kier alpha value is -0.790. The summed E-state index contributed by atoms with van der Waals surface area (Å²) >= 11 is 5.90. The molecule has 1 aromatic rings. The van der Waals surface area contributed by atoms with Crippen molar-refractivity contribution in [1.29, 1.82) is 0 Å². The second-order valence-electron chi connectivity index (χ2n) is 3.27. The van der Waals surface area contributed by atoms with Gasteiger partial charge in [0.2, 0.25) is 0 Å². The number of aryl methyl sites for hydroxylation is 1. The van der Waals surface area contributed by atoms with Crippen LogP contribution in [0.1, 0.15) is 24.1 Å². The fourth-order valence-corrected chi connectivity index (χ4v) is 1.75. The van der Waals surface area contributed by atoms with Crippen LogP contribution in [-0.4, -0.2) is 6.54 Å². The van der Waals surface area contributed by atoms with Crippen molar-refractivity contribution in [3.8, 4) is 0 Å². The van der Waals surface area contributed by atoms with Crippen LogP contribution in [0.25, 0.3) is 0 Å². The van der Waals surface area contributed by atoms with Crippen LogP contribution in [0, 0.1) is 6.92 Å². The molecule has 0 bridgehead atoms. The summed E-state index contributed by atoms with van der Waals surface area (Å²) in [4.78, 5) is 0. The molecule has 0 saturated heterocycles. The lowest BCUT2D eigenvalue weighted by molar-refractivity contribution is 0.646. The molecule has 1 unspecified atom stereocenters. The third kappa shape index (κ3) is 2.60. The van der Waals surface area contributed by atoms with E-state index < -0.39 is 0 Å². The van der Waals surface area contributed by atoms with E-state index in [2.05, 4.69) is 25.7 Å². The summed E-state index contributed by atoms with van der Waals surface area (Å²) in [6.07, 6.45) is 1.92. The predicted octanol–water partition coefficient (Wildman–Crippen LogP) is 3.49. The molecule has 1 N–H and O–H groups in total. The van der Waals surface area contributed by atoms with Crippen molar-refractivity contribution in [2.45, 2.75) is 19.9 Å². The monoisotopic (exact) mass is 209 g/mol. The van der Waals surface area contributed by atoms with Crippen molar-refractivity contribution in [2.24, 2.45) is 0 Å². The first-order valence-electron chi connectivity index (χ1n) is 4.81. The van der Waals surface area contributed by atoms with Gasteiger partial charge in [-0.2, -0.15) is 0 Å². The van der Waals surface area contributed by atoms with E-state index in [9.17, 15) is 0 Å². The van der Waals surface area contributed by atoms with E-state index in [1.54, 1.807) is 0 Å². The Kier molecular flexibility index (Phi) is 4.18. The first-order valence-corrected chi connectivity index (χ1v) is 5.18. The van der Waals surface area contributed by atoms with Crippen LogP contribution in [0.5, 0.6) is 0 Å². The lowest BCUT2D eigenvalue weighted by Crippen LogP contribution is -2.19. The summed E-state index contributed by atoms with van der Waals surface area (Å²) in [5.74, 6) is 0. The standard InChI is InChI=1S/C12H16ClN/c1-4-12(14-5-2)11-7-6-10(13)8-9(11)3/h4,6-8,12,14H,1,5H2,2-3H3. The molecule has 0 heterocycles. The minimum absolute atomic E-state index is 0.220. The Labute approximate surface area is 90.8 Å².